The lowest BCUT2D eigenvalue weighted by Gasteiger charge is -2.41. The highest BCUT2D eigenvalue weighted by Gasteiger charge is 2.35. The highest BCUT2D eigenvalue weighted by molar-refractivity contribution is 7.93. The predicted octanol–water partition coefficient (Wildman–Crippen LogP) is 3.74. The first-order valence-corrected chi connectivity index (χ1v) is 11.1. The minimum Gasteiger partial charge on any atom is -0.368 e. The molecule has 0 unspecified atom stereocenters. The van der Waals surface area contributed by atoms with Crippen molar-refractivity contribution in [3.63, 3.8) is 0 Å². The van der Waals surface area contributed by atoms with Gasteiger partial charge in [-0.1, -0.05) is 18.2 Å². The molecule has 0 aliphatic carbocycles. The summed E-state index contributed by atoms with van der Waals surface area (Å²) >= 11 is 0. The maximum absolute atomic E-state index is 13.7. The van der Waals surface area contributed by atoms with Gasteiger partial charge in [0, 0.05) is 31.9 Å². The molecule has 0 fully saturated rings. The van der Waals surface area contributed by atoms with Crippen LogP contribution in [0.5, 0.6) is 0 Å². The highest BCUT2D eigenvalue weighted by Crippen LogP contribution is 2.40. The van der Waals surface area contributed by atoms with E-state index in [0.29, 0.717) is 11.4 Å². The van der Waals surface area contributed by atoms with Gasteiger partial charge in [0.15, 0.2) is 0 Å². The average Bonchev–Trinajstić information content (AvgIpc) is 3.11. The molecule has 6 nitrogen and oxygen atoms in total. The number of anilines is 2. The van der Waals surface area contributed by atoms with Crippen molar-refractivity contribution in [3.05, 3.63) is 59.9 Å². The Hall–Kier alpha value is -2.80. The predicted molar refractivity (Wildman–Crippen MR) is 117 cm³/mol. The van der Waals surface area contributed by atoms with Crippen molar-refractivity contribution in [3.8, 4) is 11.1 Å². The van der Waals surface area contributed by atoms with Gasteiger partial charge in [0.05, 0.1) is 29.0 Å². The fourth-order valence-electron chi connectivity index (χ4n) is 3.97. The second-order valence-electron chi connectivity index (χ2n) is 7.82. The Labute approximate surface area is 172 Å². The molecule has 1 aliphatic rings. The highest BCUT2D eigenvalue weighted by atomic mass is 32.2. The molecule has 1 aliphatic heterocycles. The molecule has 0 spiro atoms. The van der Waals surface area contributed by atoms with Gasteiger partial charge in [0.25, 0.3) is 10.0 Å². The topological polar surface area (TPSA) is 58.4 Å². The molecule has 29 heavy (non-hydrogen) atoms. The van der Waals surface area contributed by atoms with Gasteiger partial charge in [-0.3, -0.25) is 8.99 Å². The van der Waals surface area contributed by atoms with Crippen LogP contribution in [-0.2, 0) is 17.1 Å². The van der Waals surface area contributed by atoms with Crippen LogP contribution in [0.3, 0.4) is 0 Å². The summed E-state index contributed by atoms with van der Waals surface area (Å²) in [5, 5.41) is 4.20. The van der Waals surface area contributed by atoms with Gasteiger partial charge in [0.2, 0.25) is 0 Å². The van der Waals surface area contributed by atoms with E-state index in [2.05, 4.69) is 10.00 Å². The van der Waals surface area contributed by atoms with Crippen LogP contribution in [-0.4, -0.2) is 37.8 Å². The number of hydrogen-bond acceptors (Lipinski definition) is 4. The van der Waals surface area contributed by atoms with E-state index < -0.39 is 10.0 Å². The minimum absolute atomic E-state index is 0.0778. The zero-order valence-electron chi connectivity index (χ0n) is 17.4. The Bertz CT molecular complexity index is 1180. The average molecular weight is 411 g/mol. The molecule has 4 rings (SSSR count). The third-order valence-electron chi connectivity index (χ3n) is 5.72. The SMILES string of the molecule is Cc1cc(-c2cnn(C)c2)ccc1S(=O)(=O)N1C[C@H](C)N(C)c2cccc(C)c21. The Morgan fingerprint density at radius 1 is 1.03 bits per heavy atom. The summed E-state index contributed by atoms with van der Waals surface area (Å²) in [5.74, 6) is 0. The minimum atomic E-state index is -3.69. The molecule has 0 saturated heterocycles. The Morgan fingerprint density at radius 2 is 1.79 bits per heavy atom. The van der Waals surface area contributed by atoms with Gasteiger partial charge in [-0.2, -0.15) is 5.10 Å². The number of nitrogens with zero attached hydrogens (tertiary/aromatic N) is 4. The lowest BCUT2D eigenvalue weighted by Crippen LogP contribution is -2.48. The molecule has 3 aromatic rings. The van der Waals surface area contributed by atoms with Crippen molar-refractivity contribution in [2.24, 2.45) is 7.05 Å². The van der Waals surface area contributed by atoms with E-state index in [1.54, 1.807) is 21.3 Å². The van der Waals surface area contributed by atoms with E-state index in [-0.39, 0.29) is 6.04 Å². The molecule has 0 saturated carbocycles. The molecule has 152 valence electrons. The van der Waals surface area contributed by atoms with Crippen LogP contribution < -0.4 is 9.21 Å². The lowest BCUT2D eigenvalue weighted by atomic mass is 10.1. The first-order chi connectivity index (χ1) is 13.7. The maximum Gasteiger partial charge on any atom is 0.264 e. The van der Waals surface area contributed by atoms with Crippen LogP contribution in [0, 0.1) is 13.8 Å². The van der Waals surface area contributed by atoms with Crippen LogP contribution in [0.15, 0.2) is 53.7 Å². The summed E-state index contributed by atoms with van der Waals surface area (Å²) in [4.78, 5) is 2.49. The lowest BCUT2D eigenvalue weighted by molar-refractivity contribution is 0.578. The molecular formula is C22H26N4O2S. The number of para-hydroxylation sites is 1. The molecule has 1 atom stereocenters. The first-order valence-electron chi connectivity index (χ1n) is 9.65. The fourth-order valence-corrected chi connectivity index (χ4v) is 5.80. The number of sulfonamides is 1. The Balaban J connectivity index is 1.81. The quantitative estimate of drug-likeness (QED) is 0.660. The Morgan fingerprint density at radius 3 is 2.45 bits per heavy atom. The van der Waals surface area contributed by atoms with Gasteiger partial charge in [-0.05, 0) is 55.7 Å². The monoisotopic (exact) mass is 410 g/mol. The molecule has 0 radical (unpaired) electrons. The van der Waals surface area contributed by atoms with Crippen LogP contribution >= 0.6 is 0 Å². The zero-order chi connectivity index (χ0) is 20.9. The van der Waals surface area contributed by atoms with E-state index in [1.807, 2.05) is 71.4 Å². The van der Waals surface area contributed by atoms with Crippen LogP contribution in [0.4, 0.5) is 11.4 Å². The maximum atomic E-state index is 13.7. The number of fused-ring (bicyclic) bond motifs is 1. The van der Waals surface area contributed by atoms with Crippen molar-refractivity contribution in [1.82, 2.24) is 9.78 Å². The second-order valence-corrected chi connectivity index (χ2v) is 9.65. The van der Waals surface area contributed by atoms with Gasteiger partial charge < -0.3 is 4.90 Å². The number of aryl methyl sites for hydroxylation is 3. The van der Waals surface area contributed by atoms with Crippen LogP contribution in [0.2, 0.25) is 0 Å². The van der Waals surface area contributed by atoms with Gasteiger partial charge in [-0.25, -0.2) is 8.42 Å². The summed E-state index contributed by atoms with van der Waals surface area (Å²) in [6.07, 6.45) is 3.70. The molecule has 2 aromatic carbocycles. The van der Waals surface area contributed by atoms with Crippen molar-refractivity contribution >= 4 is 21.4 Å². The largest absolute Gasteiger partial charge is 0.368 e. The van der Waals surface area contributed by atoms with Crippen molar-refractivity contribution in [1.29, 1.82) is 0 Å². The molecule has 2 heterocycles. The summed E-state index contributed by atoms with van der Waals surface area (Å²) < 4.78 is 30.8. The normalized spacial score (nSPS) is 16.8. The van der Waals surface area contributed by atoms with E-state index in [9.17, 15) is 8.42 Å². The molecule has 7 heteroatoms. The molecule has 0 bridgehead atoms. The number of hydrogen-bond donors (Lipinski definition) is 0. The smallest absolute Gasteiger partial charge is 0.264 e. The summed E-state index contributed by atoms with van der Waals surface area (Å²) in [6, 6.07) is 11.5. The van der Waals surface area contributed by atoms with E-state index in [1.165, 1.54) is 0 Å². The van der Waals surface area contributed by atoms with Gasteiger partial charge in [0.1, 0.15) is 0 Å². The summed E-state index contributed by atoms with van der Waals surface area (Å²) in [7, 11) is 0.186. The molecular weight excluding hydrogens is 384 g/mol. The fraction of sp³-hybridized carbons (Fsp3) is 0.318. The molecule has 0 amide bonds. The zero-order valence-corrected chi connectivity index (χ0v) is 18.2. The number of benzene rings is 2. The number of rotatable bonds is 3. The second kappa shape index (κ2) is 6.91. The van der Waals surface area contributed by atoms with E-state index in [0.717, 1.165) is 33.6 Å². The van der Waals surface area contributed by atoms with Crippen molar-refractivity contribution < 1.29 is 8.42 Å². The molecule has 0 N–H and O–H groups in total. The first kappa shape index (κ1) is 19.5. The number of aromatic nitrogens is 2. The van der Waals surface area contributed by atoms with E-state index >= 15 is 0 Å². The third kappa shape index (κ3) is 3.19. The summed E-state index contributed by atoms with van der Waals surface area (Å²) in [5.41, 5.74) is 5.31. The van der Waals surface area contributed by atoms with Crippen molar-refractivity contribution in [2.75, 3.05) is 22.8 Å². The van der Waals surface area contributed by atoms with Crippen LogP contribution in [0.1, 0.15) is 18.1 Å². The van der Waals surface area contributed by atoms with Gasteiger partial charge in [-0.15, -0.1) is 0 Å². The number of likely N-dealkylation sites (N-methyl/N-ethyl adjacent to an activating group) is 1. The van der Waals surface area contributed by atoms with Crippen LogP contribution in [0.25, 0.3) is 11.1 Å². The third-order valence-corrected chi connectivity index (χ3v) is 7.64. The Kier molecular flexibility index (Phi) is 4.65. The van der Waals surface area contributed by atoms with Gasteiger partial charge >= 0.3 is 0 Å². The van der Waals surface area contributed by atoms with E-state index in [4.69, 9.17) is 0 Å². The standard InChI is InChI=1S/C22H26N4O2S/c1-15-7-6-8-20-22(15)26(13-17(3)25(20)5)29(27,28)21-10-9-18(11-16(21)2)19-12-23-24(4)14-19/h6-12,14,17H,13H2,1-5H3/t17-/m0/s1. The van der Waals surface area contributed by atoms with Crippen molar-refractivity contribution in [2.45, 2.75) is 31.7 Å². The molecule has 1 aromatic heterocycles. The summed E-state index contributed by atoms with van der Waals surface area (Å²) in [6.45, 7) is 6.28.